The fourth-order valence-electron chi connectivity index (χ4n) is 3.09. The molecule has 0 fully saturated rings. The number of hydrogen-bond donors (Lipinski definition) is 2. The summed E-state index contributed by atoms with van der Waals surface area (Å²) in [6.07, 6.45) is -0.640. The molecule has 0 atom stereocenters. The van der Waals surface area contributed by atoms with Gasteiger partial charge in [0.25, 0.3) is 0 Å². The maximum absolute atomic E-state index is 12.0. The van der Waals surface area contributed by atoms with Crippen molar-refractivity contribution in [3.63, 3.8) is 0 Å². The first-order valence-electron chi connectivity index (χ1n) is 9.34. The Morgan fingerprint density at radius 1 is 1.17 bits per heavy atom. The molecule has 1 aromatic heterocycles. The van der Waals surface area contributed by atoms with Crippen LogP contribution in [0.5, 0.6) is 0 Å². The highest BCUT2D eigenvalue weighted by atomic mass is 35.5. The minimum atomic E-state index is -0.895. The predicted octanol–water partition coefficient (Wildman–Crippen LogP) is 4.58. The minimum Gasteiger partial charge on any atom is -0.481 e. The fourth-order valence-corrected chi connectivity index (χ4v) is 3.33. The number of carboxylic acid groups (broad SMARTS) is 1. The lowest BCUT2D eigenvalue weighted by Crippen LogP contribution is -2.13. The van der Waals surface area contributed by atoms with Gasteiger partial charge in [0.05, 0.1) is 18.7 Å². The molecule has 1 amide bonds. The van der Waals surface area contributed by atoms with E-state index in [0.29, 0.717) is 28.5 Å². The number of nitrogens with zero attached hydrogens (tertiary/aromatic N) is 2. The molecule has 0 unspecified atom stereocenters. The maximum atomic E-state index is 12.0. The van der Waals surface area contributed by atoms with Crippen molar-refractivity contribution < 1.29 is 19.4 Å². The number of benzene rings is 2. The largest absolute Gasteiger partial charge is 0.481 e. The highest BCUT2D eigenvalue weighted by molar-refractivity contribution is 6.31. The molecule has 156 valence electrons. The quantitative estimate of drug-likeness (QED) is 0.575. The molecule has 0 saturated heterocycles. The molecule has 1 heterocycles. The van der Waals surface area contributed by atoms with Crippen molar-refractivity contribution >= 4 is 29.4 Å². The van der Waals surface area contributed by atoms with Crippen molar-refractivity contribution in [2.75, 3.05) is 5.32 Å². The second-order valence-corrected chi connectivity index (χ2v) is 7.28. The van der Waals surface area contributed by atoms with Gasteiger partial charge in [-0.15, -0.1) is 0 Å². The summed E-state index contributed by atoms with van der Waals surface area (Å²) in [7, 11) is 0. The summed E-state index contributed by atoms with van der Waals surface area (Å²) >= 11 is 6.39. The van der Waals surface area contributed by atoms with Gasteiger partial charge in [0.1, 0.15) is 6.61 Å². The number of rotatable bonds is 7. The Balaban J connectivity index is 1.64. The monoisotopic (exact) mass is 427 g/mol. The molecule has 0 saturated carbocycles. The van der Waals surface area contributed by atoms with Gasteiger partial charge in [-0.05, 0) is 37.1 Å². The molecule has 0 radical (unpaired) electrons. The lowest BCUT2D eigenvalue weighted by molar-refractivity contribution is -0.136. The number of nitrogens with one attached hydrogen (secondary N) is 1. The molecule has 3 rings (SSSR count). The summed E-state index contributed by atoms with van der Waals surface area (Å²) in [5.74, 6) is -0.895. The zero-order valence-corrected chi connectivity index (χ0v) is 17.4. The van der Waals surface area contributed by atoms with Gasteiger partial charge in [-0.1, -0.05) is 48.0 Å². The van der Waals surface area contributed by atoms with Gasteiger partial charge in [-0.25, -0.2) is 4.79 Å². The van der Waals surface area contributed by atoms with Crippen LogP contribution in [0.4, 0.5) is 10.5 Å². The Morgan fingerprint density at radius 3 is 2.57 bits per heavy atom. The average molecular weight is 428 g/mol. The van der Waals surface area contributed by atoms with E-state index in [1.807, 2.05) is 37.3 Å². The third-order valence-electron chi connectivity index (χ3n) is 4.69. The van der Waals surface area contributed by atoms with Crippen molar-refractivity contribution in [2.45, 2.75) is 33.4 Å². The summed E-state index contributed by atoms with van der Waals surface area (Å²) < 4.78 is 6.94. The number of amides is 1. The number of ether oxygens (including phenoxy) is 1. The lowest BCUT2D eigenvalue weighted by atomic mass is 10.1. The van der Waals surface area contributed by atoms with Crippen molar-refractivity contribution in [3.05, 3.63) is 81.6 Å². The first kappa shape index (κ1) is 21.4. The number of aromatic nitrogens is 2. The smallest absolute Gasteiger partial charge is 0.411 e. The topological polar surface area (TPSA) is 93.5 Å². The predicted molar refractivity (Wildman–Crippen MR) is 114 cm³/mol. The van der Waals surface area contributed by atoms with Gasteiger partial charge in [0.2, 0.25) is 0 Å². The second kappa shape index (κ2) is 9.45. The van der Waals surface area contributed by atoms with Crippen molar-refractivity contribution in [2.24, 2.45) is 0 Å². The summed E-state index contributed by atoms with van der Waals surface area (Å²) in [5.41, 5.74) is 4.39. The van der Waals surface area contributed by atoms with E-state index in [2.05, 4.69) is 10.4 Å². The summed E-state index contributed by atoms with van der Waals surface area (Å²) in [5, 5.41) is 16.6. The second-order valence-electron chi connectivity index (χ2n) is 6.87. The molecule has 3 aromatic rings. The number of carboxylic acids is 1. The van der Waals surface area contributed by atoms with Gasteiger partial charge in [-0.3, -0.25) is 14.8 Å². The van der Waals surface area contributed by atoms with E-state index < -0.39 is 12.1 Å². The van der Waals surface area contributed by atoms with Crippen LogP contribution in [0.3, 0.4) is 0 Å². The van der Waals surface area contributed by atoms with Crippen LogP contribution in [0.15, 0.2) is 48.5 Å². The molecular weight excluding hydrogens is 406 g/mol. The molecule has 2 aromatic carbocycles. The Morgan fingerprint density at radius 2 is 1.90 bits per heavy atom. The molecular formula is C22H22ClN3O4. The number of hydrogen-bond acceptors (Lipinski definition) is 4. The number of aryl methyl sites for hydroxylation is 1. The van der Waals surface area contributed by atoms with E-state index in [1.54, 1.807) is 29.8 Å². The standard InChI is InChI=1S/C22H22ClN3O4/c1-14-19(11-21(27)28)15(2)26(25-14)12-17-8-9-18(10-20(17)23)24-22(29)30-13-16-6-4-3-5-7-16/h3-10H,11-13H2,1-2H3,(H,24,29)(H,27,28). The third kappa shape index (κ3) is 5.39. The van der Waals surface area contributed by atoms with Crippen LogP contribution in [-0.2, 0) is 29.1 Å². The molecule has 0 aliphatic rings. The molecule has 8 heteroatoms. The molecule has 30 heavy (non-hydrogen) atoms. The molecule has 0 aliphatic heterocycles. The number of anilines is 1. The van der Waals surface area contributed by atoms with Gasteiger partial charge in [0.15, 0.2) is 0 Å². The van der Waals surface area contributed by atoms with Crippen molar-refractivity contribution in [3.8, 4) is 0 Å². The number of halogens is 1. The number of aliphatic carboxylic acids is 1. The van der Waals surface area contributed by atoms with E-state index in [0.717, 1.165) is 16.8 Å². The summed E-state index contributed by atoms with van der Waals surface area (Å²) in [6.45, 7) is 4.20. The highest BCUT2D eigenvalue weighted by Gasteiger charge is 2.15. The van der Waals surface area contributed by atoms with Gasteiger partial charge >= 0.3 is 12.1 Å². The Hall–Kier alpha value is -3.32. The lowest BCUT2D eigenvalue weighted by Gasteiger charge is -2.11. The van der Waals surface area contributed by atoms with E-state index in [4.69, 9.17) is 21.4 Å². The molecule has 0 spiro atoms. The SMILES string of the molecule is Cc1nn(Cc2ccc(NC(=O)OCc3ccccc3)cc2Cl)c(C)c1CC(=O)O. The molecule has 2 N–H and O–H groups in total. The Bertz CT molecular complexity index is 1060. The van der Waals surface area contributed by atoms with Crippen molar-refractivity contribution in [1.29, 1.82) is 0 Å². The van der Waals surface area contributed by atoms with Crippen molar-refractivity contribution in [1.82, 2.24) is 9.78 Å². The first-order chi connectivity index (χ1) is 14.3. The van der Waals surface area contributed by atoms with Gasteiger partial charge in [-0.2, -0.15) is 5.10 Å². The van der Waals surface area contributed by atoms with Crippen LogP contribution in [0, 0.1) is 13.8 Å². The van der Waals surface area contributed by atoms with Gasteiger partial charge < -0.3 is 9.84 Å². The molecule has 0 aliphatic carbocycles. The van der Waals surface area contributed by atoms with E-state index in [1.165, 1.54) is 0 Å². The fraction of sp³-hybridized carbons (Fsp3) is 0.227. The maximum Gasteiger partial charge on any atom is 0.411 e. The van der Waals surface area contributed by atoms with E-state index in [-0.39, 0.29) is 13.0 Å². The number of carbonyl (C=O) groups excluding carboxylic acids is 1. The summed E-state index contributed by atoms with van der Waals surface area (Å²) in [6, 6.07) is 14.6. The van der Waals surface area contributed by atoms with Crippen LogP contribution < -0.4 is 5.32 Å². The Kier molecular flexibility index (Phi) is 6.74. The summed E-state index contributed by atoms with van der Waals surface area (Å²) in [4.78, 5) is 23.1. The van der Waals surface area contributed by atoms with Crippen LogP contribution in [-0.4, -0.2) is 26.9 Å². The van der Waals surface area contributed by atoms with Crippen LogP contribution >= 0.6 is 11.6 Å². The normalized spacial score (nSPS) is 10.6. The van der Waals surface area contributed by atoms with Crippen LogP contribution in [0.2, 0.25) is 5.02 Å². The Labute approximate surface area is 179 Å². The van der Waals surface area contributed by atoms with Crippen LogP contribution in [0.25, 0.3) is 0 Å². The highest BCUT2D eigenvalue weighted by Crippen LogP contribution is 2.24. The first-order valence-corrected chi connectivity index (χ1v) is 9.72. The average Bonchev–Trinajstić information content (AvgIpc) is 2.96. The minimum absolute atomic E-state index is 0.0701. The molecule has 0 bridgehead atoms. The molecule has 7 nitrogen and oxygen atoms in total. The van der Waals surface area contributed by atoms with Gasteiger partial charge in [0, 0.05) is 22.0 Å². The third-order valence-corrected chi connectivity index (χ3v) is 5.04. The van der Waals surface area contributed by atoms with E-state index in [9.17, 15) is 9.59 Å². The van der Waals surface area contributed by atoms with E-state index >= 15 is 0 Å². The number of carbonyl (C=O) groups is 2. The zero-order valence-electron chi connectivity index (χ0n) is 16.7. The van der Waals surface area contributed by atoms with Crippen LogP contribution in [0.1, 0.15) is 28.1 Å². The zero-order chi connectivity index (χ0) is 21.7.